The van der Waals surface area contributed by atoms with Crippen molar-refractivity contribution in [2.45, 2.75) is 55.9 Å². The Bertz CT molecular complexity index is 519. The highest BCUT2D eigenvalue weighted by molar-refractivity contribution is 5.65. The summed E-state index contributed by atoms with van der Waals surface area (Å²) in [4.78, 5) is 10.1. The van der Waals surface area contributed by atoms with E-state index in [0.717, 1.165) is 13.8 Å². The fourth-order valence-corrected chi connectivity index (χ4v) is 1.56. The second kappa shape index (κ2) is 6.87. The lowest BCUT2D eigenvalue weighted by molar-refractivity contribution is -0.413. The maximum atomic E-state index is 13.5. The average molecular weight is 417 g/mol. The van der Waals surface area contributed by atoms with Gasteiger partial charge in [0.1, 0.15) is 0 Å². The molecule has 0 radical (unpaired) electrons. The molecule has 0 spiro atoms. The molecule has 0 aromatic heterocycles. The van der Waals surface area contributed by atoms with Crippen LogP contribution in [0.2, 0.25) is 0 Å². The van der Waals surface area contributed by atoms with Gasteiger partial charge in [-0.2, -0.15) is 43.9 Å². The van der Waals surface area contributed by atoms with Gasteiger partial charge in [-0.3, -0.25) is 4.90 Å². The van der Waals surface area contributed by atoms with Crippen LogP contribution in [0.15, 0.2) is 0 Å². The van der Waals surface area contributed by atoms with E-state index in [-0.39, 0.29) is 0 Å². The third kappa shape index (κ3) is 3.61. The number of hydrogen-bond donors (Lipinski definition) is 1. The van der Waals surface area contributed by atoms with E-state index in [1.165, 1.54) is 0 Å². The summed E-state index contributed by atoms with van der Waals surface area (Å²) in [6.45, 7) is -1.15. The minimum atomic E-state index is -7.66. The lowest BCUT2D eigenvalue weighted by atomic mass is 9.94. The Kier molecular flexibility index (Phi) is 6.45. The highest BCUT2D eigenvalue weighted by Gasteiger charge is 2.87. The number of carboxylic acid groups (broad SMARTS) is 1. The standard InChI is InChI=1S/C11H11F12NO2/c1-4(2)24(6(25)26)3-7(14,15)9(18,19)11(22,23)10(20,21)8(16,17)5(12)13/h4-5H,3H2,1-2H3,(H,25,26). The zero-order valence-corrected chi connectivity index (χ0v) is 12.7. The molecule has 0 rings (SSSR count). The molecule has 0 atom stereocenters. The number of hydrogen-bond acceptors (Lipinski definition) is 1. The van der Waals surface area contributed by atoms with E-state index in [9.17, 15) is 57.5 Å². The molecule has 0 aliphatic carbocycles. The number of nitrogens with zero attached hydrogens (tertiary/aromatic N) is 1. The van der Waals surface area contributed by atoms with Gasteiger partial charge in [0.05, 0.1) is 6.54 Å². The van der Waals surface area contributed by atoms with Crippen LogP contribution in [0.5, 0.6) is 0 Å². The zero-order valence-electron chi connectivity index (χ0n) is 12.7. The minimum absolute atomic E-state index is 0.562. The smallest absolute Gasteiger partial charge is 0.407 e. The summed E-state index contributed by atoms with van der Waals surface area (Å²) in [6, 6.07) is -1.54. The van der Waals surface area contributed by atoms with Gasteiger partial charge >= 0.3 is 42.1 Å². The van der Waals surface area contributed by atoms with Gasteiger partial charge in [0, 0.05) is 6.04 Å². The molecule has 1 amide bonds. The van der Waals surface area contributed by atoms with Gasteiger partial charge in [-0.05, 0) is 13.8 Å². The van der Waals surface area contributed by atoms with E-state index in [0.29, 0.717) is 0 Å². The van der Waals surface area contributed by atoms with Crippen molar-refractivity contribution < 1.29 is 62.6 Å². The highest BCUT2D eigenvalue weighted by Crippen LogP contribution is 2.58. The summed E-state index contributed by atoms with van der Waals surface area (Å²) >= 11 is 0. The Hall–Kier alpha value is -1.57. The summed E-state index contributed by atoms with van der Waals surface area (Å²) in [6.07, 6.45) is -7.93. The SMILES string of the molecule is CC(C)N(CC(F)(F)C(F)(F)C(F)(F)C(F)(F)C(F)(F)C(F)F)C(=O)O. The normalized spacial score (nSPS) is 14.9. The van der Waals surface area contributed by atoms with Crippen molar-refractivity contribution >= 4 is 6.09 Å². The first-order chi connectivity index (χ1) is 11.2. The van der Waals surface area contributed by atoms with Crippen molar-refractivity contribution in [1.29, 1.82) is 0 Å². The van der Waals surface area contributed by atoms with Crippen LogP contribution in [0.1, 0.15) is 13.8 Å². The summed E-state index contributed by atoms with van der Waals surface area (Å²) in [5, 5.41) is 8.53. The van der Waals surface area contributed by atoms with E-state index in [2.05, 4.69) is 0 Å². The van der Waals surface area contributed by atoms with Gasteiger partial charge in [0.25, 0.3) is 0 Å². The van der Waals surface area contributed by atoms with Crippen LogP contribution < -0.4 is 0 Å². The van der Waals surface area contributed by atoms with E-state index in [1.54, 1.807) is 0 Å². The first kappa shape index (κ1) is 24.4. The maximum Gasteiger partial charge on any atom is 0.407 e. The molecule has 0 unspecified atom stereocenters. The van der Waals surface area contributed by atoms with Gasteiger partial charge < -0.3 is 5.11 Å². The Labute approximate surface area is 137 Å². The second-order valence-electron chi connectivity index (χ2n) is 5.36. The third-order valence-electron chi connectivity index (χ3n) is 3.18. The Morgan fingerprint density at radius 3 is 1.50 bits per heavy atom. The van der Waals surface area contributed by atoms with Crippen LogP contribution in [-0.2, 0) is 0 Å². The fourth-order valence-electron chi connectivity index (χ4n) is 1.56. The molecular formula is C11H11F12NO2. The van der Waals surface area contributed by atoms with Gasteiger partial charge in [-0.15, -0.1) is 0 Å². The van der Waals surface area contributed by atoms with Gasteiger partial charge in [0.2, 0.25) is 0 Å². The summed E-state index contributed by atoms with van der Waals surface area (Å²) in [5.41, 5.74) is 0. The van der Waals surface area contributed by atoms with E-state index in [4.69, 9.17) is 5.11 Å². The lowest BCUT2D eigenvalue weighted by Crippen LogP contribution is -2.70. The highest BCUT2D eigenvalue weighted by atomic mass is 19.4. The topological polar surface area (TPSA) is 40.5 Å². The van der Waals surface area contributed by atoms with Crippen molar-refractivity contribution in [2.75, 3.05) is 6.54 Å². The minimum Gasteiger partial charge on any atom is -0.465 e. The average Bonchev–Trinajstić information content (AvgIpc) is 2.42. The first-order valence-electron chi connectivity index (χ1n) is 6.35. The quantitative estimate of drug-likeness (QED) is 0.576. The van der Waals surface area contributed by atoms with E-state index >= 15 is 0 Å². The molecule has 1 N–H and O–H groups in total. The second-order valence-corrected chi connectivity index (χ2v) is 5.36. The van der Waals surface area contributed by atoms with Crippen LogP contribution in [0.4, 0.5) is 57.5 Å². The number of rotatable bonds is 8. The lowest BCUT2D eigenvalue weighted by Gasteiger charge is -2.40. The molecule has 0 bridgehead atoms. The molecule has 0 fully saturated rings. The molecule has 15 heteroatoms. The molecular weight excluding hydrogens is 406 g/mol. The molecule has 0 aromatic rings. The van der Waals surface area contributed by atoms with Crippen LogP contribution in [0.3, 0.4) is 0 Å². The third-order valence-corrected chi connectivity index (χ3v) is 3.18. The van der Waals surface area contributed by atoms with Gasteiger partial charge in [-0.25, -0.2) is 13.6 Å². The molecule has 0 aliphatic rings. The maximum absolute atomic E-state index is 13.5. The predicted molar refractivity (Wildman–Crippen MR) is 60.6 cm³/mol. The number of alkyl halides is 12. The van der Waals surface area contributed by atoms with Crippen molar-refractivity contribution in [2.24, 2.45) is 0 Å². The fraction of sp³-hybridized carbons (Fsp3) is 0.909. The Balaban J connectivity index is 6.14. The van der Waals surface area contributed by atoms with Crippen molar-refractivity contribution in [1.82, 2.24) is 4.90 Å². The zero-order chi connectivity index (χ0) is 21.5. The number of amides is 1. The van der Waals surface area contributed by atoms with Crippen molar-refractivity contribution in [3.63, 3.8) is 0 Å². The molecule has 0 saturated heterocycles. The molecule has 0 aliphatic heterocycles. The summed E-state index contributed by atoms with van der Waals surface area (Å²) < 4.78 is 155. The van der Waals surface area contributed by atoms with Crippen LogP contribution in [0.25, 0.3) is 0 Å². The first-order valence-corrected chi connectivity index (χ1v) is 6.35. The molecule has 3 nitrogen and oxygen atoms in total. The van der Waals surface area contributed by atoms with Crippen molar-refractivity contribution in [3.8, 4) is 0 Å². The summed E-state index contributed by atoms with van der Waals surface area (Å²) in [5.74, 6) is -36.0. The van der Waals surface area contributed by atoms with Crippen LogP contribution in [-0.4, -0.2) is 64.7 Å². The predicted octanol–water partition coefficient (Wildman–Crippen LogP) is 4.82. The molecule has 26 heavy (non-hydrogen) atoms. The largest absolute Gasteiger partial charge is 0.465 e. The van der Waals surface area contributed by atoms with E-state index in [1.807, 2.05) is 0 Å². The van der Waals surface area contributed by atoms with Gasteiger partial charge in [0.15, 0.2) is 0 Å². The molecule has 156 valence electrons. The van der Waals surface area contributed by atoms with Crippen LogP contribution in [0, 0.1) is 0 Å². The Morgan fingerprint density at radius 2 is 1.23 bits per heavy atom. The molecule has 0 heterocycles. The van der Waals surface area contributed by atoms with E-state index < -0.39 is 59.6 Å². The number of halogens is 12. The van der Waals surface area contributed by atoms with Gasteiger partial charge in [-0.1, -0.05) is 0 Å². The molecule has 0 aromatic carbocycles. The Morgan fingerprint density at radius 1 is 0.846 bits per heavy atom. The monoisotopic (exact) mass is 417 g/mol. The summed E-state index contributed by atoms with van der Waals surface area (Å²) in [7, 11) is 0. The van der Waals surface area contributed by atoms with Crippen molar-refractivity contribution in [3.05, 3.63) is 0 Å². The molecule has 0 saturated carbocycles. The van der Waals surface area contributed by atoms with Crippen LogP contribution >= 0.6 is 0 Å². The number of carbonyl (C=O) groups is 1.